The van der Waals surface area contributed by atoms with Gasteiger partial charge in [0, 0.05) is 11.9 Å². The van der Waals surface area contributed by atoms with Gasteiger partial charge < -0.3 is 5.32 Å². The van der Waals surface area contributed by atoms with Gasteiger partial charge >= 0.3 is 0 Å². The Labute approximate surface area is 118 Å². The quantitative estimate of drug-likeness (QED) is 0.780. The van der Waals surface area contributed by atoms with E-state index in [4.69, 9.17) is 5.14 Å². The molecule has 0 saturated heterocycles. The van der Waals surface area contributed by atoms with Crippen LogP contribution in [-0.4, -0.2) is 13.4 Å². The Morgan fingerprint density at radius 3 is 2.60 bits per heavy atom. The molecule has 0 saturated carbocycles. The van der Waals surface area contributed by atoms with E-state index in [0.717, 1.165) is 16.9 Å². The number of nitrogens with two attached hydrogens (primary N) is 1. The third-order valence-corrected chi connectivity index (χ3v) is 3.09. The lowest BCUT2D eigenvalue weighted by Crippen LogP contribution is -2.21. The van der Waals surface area contributed by atoms with Gasteiger partial charge in [0.05, 0.1) is 17.9 Å². The third-order valence-electron chi connectivity index (χ3n) is 2.57. The molecule has 1 aromatic heterocycles. The fourth-order valence-electron chi connectivity index (χ4n) is 1.65. The summed E-state index contributed by atoms with van der Waals surface area (Å²) >= 11 is 0. The zero-order valence-electron chi connectivity index (χ0n) is 11.0. The van der Waals surface area contributed by atoms with Crippen molar-refractivity contribution in [2.45, 2.75) is 13.5 Å². The molecule has 0 aliphatic rings. The number of rotatable bonds is 5. The summed E-state index contributed by atoms with van der Waals surface area (Å²) in [5, 5.41) is 8.10. The van der Waals surface area contributed by atoms with Crippen LogP contribution in [0.5, 0.6) is 0 Å². The van der Waals surface area contributed by atoms with Crippen molar-refractivity contribution < 1.29 is 8.42 Å². The highest BCUT2D eigenvalue weighted by atomic mass is 32.2. The maximum absolute atomic E-state index is 11.0. The maximum Gasteiger partial charge on any atom is 0.296 e. The molecule has 0 radical (unpaired) electrons. The average Bonchev–Trinajstić information content (AvgIpc) is 2.36. The van der Waals surface area contributed by atoms with Crippen LogP contribution in [0.25, 0.3) is 0 Å². The molecular weight excluding hydrogens is 276 g/mol. The molecule has 20 heavy (non-hydrogen) atoms. The Morgan fingerprint density at radius 2 is 1.95 bits per heavy atom. The molecule has 2 aromatic rings. The molecule has 1 heterocycles. The molecule has 6 nitrogen and oxygen atoms in total. The van der Waals surface area contributed by atoms with Gasteiger partial charge in [0.1, 0.15) is 0 Å². The van der Waals surface area contributed by atoms with Gasteiger partial charge in [-0.05, 0) is 36.8 Å². The van der Waals surface area contributed by atoms with Crippen molar-refractivity contribution in [2.24, 2.45) is 5.14 Å². The highest BCUT2D eigenvalue weighted by Gasteiger charge is 2.03. The number of anilines is 2. The maximum atomic E-state index is 11.0. The Bertz CT molecular complexity index is 684. The van der Waals surface area contributed by atoms with Gasteiger partial charge in [-0.25, -0.2) is 5.14 Å². The standard InChI is InChI=1S/C13H16N4O2S/c1-10-5-6-13(15-8-10)9-16-11-3-2-4-12(7-11)17-20(14,18)19/h2-8,16-17H,9H2,1H3,(H2,14,18,19). The van der Waals surface area contributed by atoms with Gasteiger partial charge in [0.15, 0.2) is 0 Å². The number of aryl methyl sites for hydroxylation is 1. The molecule has 1 aromatic carbocycles. The zero-order valence-corrected chi connectivity index (χ0v) is 11.8. The van der Waals surface area contributed by atoms with Crippen molar-refractivity contribution in [1.82, 2.24) is 4.98 Å². The molecule has 106 valence electrons. The summed E-state index contributed by atoms with van der Waals surface area (Å²) in [6.07, 6.45) is 1.80. The number of benzene rings is 1. The van der Waals surface area contributed by atoms with Crippen molar-refractivity contribution in [1.29, 1.82) is 0 Å². The van der Waals surface area contributed by atoms with Gasteiger partial charge in [-0.1, -0.05) is 12.1 Å². The molecule has 0 unspecified atom stereocenters. The van der Waals surface area contributed by atoms with Gasteiger partial charge in [-0.15, -0.1) is 0 Å². The second-order valence-electron chi connectivity index (χ2n) is 4.41. The predicted molar refractivity (Wildman–Crippen MR) is 79.5 cm³/mol. The first-order valence-corrected chi connectivity index (χ1v) is 7.53. The highest BCUT2D eigenvalue weighted by Crippen LogP contribution is 2.16. The number of nitrogens with one attached hydrogen (secondary N) is 2. The number of pyridine rings is 1. The molecule has 0 fully saturated rings. The Kier molecular flexibility index (Phi) is 4.21. The second-order valence-corrected chi connectivity index (χ2v) is 5.70. The minimum Gasteiger partial charge on any atom is -0.379 e. The van der Waals surface area contributed by atoms with Gasteiger partial charge in [-0.2, -0.15) is 8.42 Å². The van der Waals surface area contributed by atoms with E-state index in [9.17, 15) is 8.42 Å². The monoisotopic (exact) mass is 292 g/mol. The van der Waals surface area contributed by atoms with E-state index in [-0.39, 0.29) is 0 Å². The summed E-state index contributed by atoms with van der Waals surface area (Å²) in [6.45, 7) is 2.53. The molecule has 0 bridgehead atoms. The van der Waals surface area contributed by atoms with Crippen molar-refractivity contribution in [3.63, 3.8) is 0 Å². The first kappa shape index (κ1) is 14.3. The first-order chi connectivity index (χ1) is 9.42. The number of hydrogen-bond acceptors (Lipinski definition) is 4. The Hall–Kier alpha value is -2.12. The summed E-state index contributed by atoms with van der Waals surface area (Å²) in [4.78, 5) is 4.28. The van der Waals surface area contributed by atoms with Crippen molar-refractivity contribution in [3.05, 3.63) is 53.9 Å². The summed E-state index contributed by atoms with van der Waals surface area (Å²) in [5.74, 6) is 0. The molecule has 4 N–H and O–H groups in total. The van der Waals surface area contributed by atoms with Crippen molar-refractivity contribution >= 4 is 21.6 Å². The minimum absolute atomic E-state index is 0.411. The van der Waals surface area contributed by atoms with Gasteiger partial charge in [0.25, 0.3) is 10.2 Å². The SMILES string of the molecule is Cc1ccc(CNc2cccc(NS(N)(=O)=O)c2)nc1. The average molecular weight is 292 g/mol. The van der Waals surface area contributed by atoms with E-state index in [0.29, 0.717) is 12.2 Å². The highest BCUT2D eigenvalue weighted by molar-refractivity contribution is 7.90. The fourth-order valence-corrected chi connectivity index (χ4v) is 2.11. The van der Waals surface area contributed by atoms with Gasteiger partial charge in [0.2, 0.25) is 0 Å². The molecule has 0 aliphatic carbocycles. The van der Waals surface area contributed by atoms with Crippen molar-refractivity contribution in [3.8, 4) is 0 Å². The minimum atomic E-state index is -3.76. The number of nitrogens with zero attached hydrogens (tertiary/aromatic N) is 1. The van der Waals surface area contributed by atoms with Crippen LogP contribution in [0, 0.1) is 6.92 Å². The van der Waals surface area contributed by atoms with Crippen LogP contribution < -0.4 is 15.2 Å². The predicted octanol–water partition coefficient (Wildman–Crippen LogP) is 1.62. The lowest BCUT2D eigenvalue weighted by molar-refractivity contribution is 0.603. The largest absolute Gasteiger partial charge is 0.379 e. The van der Waals surface area contributed by atoms with E-state index in [1.807, 2.05) is 25.1 Å². The summed E-state index contributed by atoms with van der Waals surface area (Å²) < 4.78 is 24.1. The zero-order chi connectivity index (χ0) is 14.6. The molecule has 0 aliphatic heterocycles. The molecule has 0 atom stereocenters. The number of aromatic nitrogens is 1. The molecule has 0 amide bonds. The van der Waals surface area contributed by atoms with Crippen LogP contribution in [0.2, 0.25) is 0 Å². The molecule has 2 rings (SSSR count). The smallest absolute Gasteiger partial charge is 0.296 e. The Balaban J connectivity index is 2.03. The first-order valence-electron chi connectivity index (χ1n) is 5.98. The van der Waals surface area contributed by atoms with E-state index in [2.05, 4.69) is 15.0 Å². The van der Waals surface area contributed by atoms with E-state index in [1.165, 1.54) is 0 Å². The normalized spacial score (nSPS) is 11.1. The van der Waals surface area contributed by atoms with Crippen LogP contribution in [0.15, 0.2) is 42.6 Å². The fraction of sp³-hybridized carbons (Fsp3) is 0.154. The summed E-state index contributed by atoms with van der Waals surface area (Å²) in [7, 11) is -3.76. The number of hydrogen-bond donors (Lipinski definition) is 3. The van der Waals surface area contributed by atoms with E-state index < -0.39 is 10.2 Å². The van der Waals surface area contributed by atoms with Crippen LogP contribution >= 0.6 is 0 Å². The molecular formula is C13H16N4O2S. The molecule has 7 heteroatoms. The van der Waals surface area contributed by atoms with Crippen LogP contribution in [0.3, 0.4) is 0 Å². The van der Waals surface area contributed by atoms with Crippen LogP contribution in [0.4, 0.5) is 11.4 Å². The van der Waals surface area contributed by atoms with Crippen molar-refractivity contribution in [2.75, 3.05) is 10.0 Å². The summed E-state index contributed by atoms with van der Waals surface area (Å²) in [6, 6.07) is 10.8. The lowest BCUT2D eigenvalue weighted by Gasteiger charge is -2.09. The van der Waals surface area contributed by atoms with E-state index in [1.54, 1.807) is 24.4 Å². The lowest BCUT2D eigenvalue weighted by atomic mass is 10.2. The van der Waals surface area contributed by atoms with Gasteiger partial charge in [-0.3, -0.25) is 9.71 Å². The van der Waals surface area contributed by atoms with E-state index >= 15 is 0 Å². The third kappa shape index (κ3) is 4.52. The Morgan fingerprint density at radius 1 is 1.20 bits per heavy atom. The van der Waals surface area contributed by atoms with Crippen LogP contribution in [0.1, 0.15) is 11.3 Å². The second kappa shape index (κ2) is 5.89. The molecule has 0 spiro atoms. The topological polar surface area (TPSA) is 97.1 Å². The van der Waals surface area contributed by atoms with Crippen LogP contribution in [-0.2, 0) is 16.8 Å². The summed E-state index contributed by atoms with van der Waals surface area (Å²) in [5.41, 5.74) is 3.20.